The number of ether oxygens (including phenoxy) is 4. The molecule has 124 valence electrons. The molecule has 0 aliphatic carbocycles. The topological polar surface area (TPSA) is 74.2 Å². The van der Waals surface area contributed by atoms with E-state index in [1.54, 1.807) is 12.1 Å². The van der Waals surface area contributed by atoms with Crippen LogP contribution >= 0.6 is 0 Å². The van der Waals surface area contributed by atoms with E-state index in [1.165, 1.54) is 7.11 Å². The van der Waals surface area contributed by atoms with Gasteiger partial charge < -0.3 is 24.1 Å². The van der Waals surface area contributed by atoms with Gasteiger partial charge in [-0.15, -0.1) is 0 Å². The number of carbonyl (C=O) groups is 1. The van der Waals surface area contributed by atoms with E-state index in [0.29, 0.717) is 28.6 Å². The molecule has 2 aliphatic heterocycles. The van der Waals surface area contributed by atoms with Crippen LogP contribution in [0.3, 0.4) is 0 Å². The molecular formula is C18H16O6. The second-order valence-electron chi connectivity index (χ2n) is 5.86. The fourth-order valence-electron chi connectivity index (χ4n) is 3.26. The van der Waals surface area contributed by atoms with Crippen LogP contribution in [0.5, 0.6) is 28.7 Å². The third kappa shape index (κ3) is 2.06. The molecular weight excluding hydrogens is 312 g/mol. The summed E-state index contributed by atoms with van der Waals surface area (Å²) in [5, 5.41) is 10.1. The zero-order chi connectivity index (χ0) is 16.8. The van der Waals surface area contributed by atoms with Gasteiger partial charge in [0.05, 0.1) is 7.11 Å². The van der Waals surface area contributed by atoms with Crippen LogP contribution in [0.25, 0.3) is 0 Å². The Morgan fingerprint density at radius 1 is 1.21 bits per heavy atom. The highest BCUT2D eigenvalue weighted by Gasteiger charge is 2.36. The maximum absolute atomic E-state index is 11.1. The molecule has 2 aromatic rings. The number of hydrogen-bond acceptors (Lipinski definition) is 6. The number of methoxy groups -OCH3 is 1. The lowest BCUT2D eigenvalue weighted by atomic mass is 9.91. The van der Waals surface area contributed by atoms with Gasteiger partial charge in [-0.3, -0.25) is 4.79 Å². The number of hydrogen-bond donors (Lipinski definition) is 1. The number of aldehydes is 1. The highest BCUT2D eigenvalue weighted by Crippen LogP contribution is 2.52. The van der Waals surface area contributed by atoms with Crippen molar-refractivity contribution in [3.05, 3.63) is 41.0 Å². The average molecular weight is 328 g/mol. The maximum Gasteiger partial charge on any atom is 0.231 e. The molecule has 0 saturated carbocycles. The van der Waals surface area contributed by atoms with Gasteiger partial charge in [0.1, 0.15) is 12.4 Å². The normalized spacial score (nSPS) is 20.4. The highest BCUT2D eigenvalue weighted by molar-refractivity contribution is 5.78. The minimum Gasteiger partial charge on any atom is -0.504 e. The fourth-order valence-corrected chi connectivity index (χ4v) is 3.26. The molecule has 2 aliphatic rings. The number of carbonyl (C=O) groups excluding carboxylic acids is 1. The first kappa shape index (κ1) is 14.7. The first-order valence-electron chi connectivity index (χ1n) is 7.58. The Balaban J connectivity index is 1.77. The Morgan fingerprint density at radius 3 is 2.79 bits per heavy atom. The van der Waals surface area contributed by atoms with Gasteiger partial charge in [-0.2, -0.15) is 0 Å². The monoisotopic (exact) mass is 328 g/mol. The van der Waals surface area contributed by atoms with Crippen LogP contribution in [-0.4, -0.2) is 25.3 Å². The number of rotatable bonds is 3. The number of phenolic OH excluding ortho intramolecular Hbond substituents is 1. The third-order valence-corrected chi connectivity index (χ3v) is 4.46. The average Bonchev–Trinajstić information content (AvgIpc) is 3.19. The highest BCUT2D eigenvalue weighted by atomic mass is 16.7. The summed E-state index contributed by atoms with van der Waals surface area (Å²) < 4.78 is 22.0. The second-order valence-corrected chi connectivity index (χ2v) is 5.86. The molecule has 2 atom stereocenters. The summed E-state index contributed by atoms with van der Waals surface area (Å²) in [6, 6.07) is 6.89. The van der Waals surface area contributed by atoms with Crippen molar-refractivity contribution in [1.82, 2.24) is 0 Å². The summed E-state index contributed by atoms with van der Waals surface area (Å²) in [6.45, 7) is 2.09. The van der Waals surface area contributed by atoms with Gasteiger partial charge in [-0.1, -0.05) is 6.92 Å². The van der Waals surface area contributed by atoms with Crippen molar-refractivity contribution in [3.8, 4) is 28.7 Å². The SMILES string of the molecule is COc1cc(C=O)cc2c1O[C@H](c1cc(O)c3c(c1)OCO3)[C@H]2C. The van der Waals surface area contributed by atoms with Crippen LogP contribution in [0.4, 0.5) is 0 Å². The molecule has 0 unspecified atom stereocenters. The van der Waals surface area contributed by atoms with Crippen LogP contribution in [0, 0.1) is 0 Å². The van der Waals surface area contributed by atoms with Crippen molar-refractivity contribution in [3.63, 3.8) is 0 Å². The van der Waals surface area contributed by atoms with E-state index in [9.17, 15) is 9.90 Å². The van der Waals surface area contributed by atoms with Crippen LogP contribution in [0.2, 0.25) is 0 Å². The molecule has 0 bridgehead atoms. The van der Waals surface area contributed by atoms with E-state index in [0.717, 1.165) is 17.4 Å². The van der Waals surface area contributed by atoms with Gasteiger partial charge in [0.25, 0.3) is 0 Å². The molecule has 2 heterocycles. The van der Waals surface area contributed by atoms with Crippen molar-refractivity contribution in [1.29, 1.82) is 0 Å². The van der Waals surface area contributed by atoms with Gasteiger partial charge in [0.15, 0.2) is 23.0 Å². The molecule has 6 heteroatoms. The van der Waals surface area contributed by atoms with Crippen LogP contribution in [0.1, 0.15) is 40.4 Å². The van der Waals surface area contributed by atoms with Crippen molar-refractivity contribution >= 4 is 6.29 Å². The molecule has 0 radical (unpaired) electrons. The molecule has 0 spiro atoms. The summed E-state index contributed by atoms with van der Waals surface area (Å²) in [7, 11) is 1.54. The van der Waals surface area contributed by atoms with Gasteiger partial charge in [-0.05, 0) is 24.3 Å². The largest absolute Gasteiger partial charge is 0.504 e. The van der Waals surface area contributed by atoms with E-state index in [2.05, 4.69) is 0 Å². The standard InChI is InChI=1S/C18H16O6/c1-9-12-3-10(7-19)4-14(21-2)17(12)24-16(9)11-5-13(20)18-15(6-11)22-8-23-18/h3-7,9,16,20H,8H2,1-2H3/t9-,16-/m0/s1. The van der Waals surface area contributed by atoms with Crippen LogP contribution in [0.15, 0.2) is 24.3 Å². The Morgan fingerprint density at radius 2 is 2.04 bits per heavy atom. The number of aromatic hydroxyl groups is 1. The quantitative estimate of drug-likeness (QED) is 0.872. The number of benzene rings is 2. The van der Waals surface area contributed by atoms with E-state index in [1.807, 2.05) is 19.1 Å². The van der Waals surface area contributed by atoms with Crippen LogP contribution in [-0.2, 0) is 0 Å². The van der Waals surface area contributed by atoms with Gasteiger partial charge in [-0.25, -0.2) is 0 Å². The van der Waals surface area contributed by atoms with E-state index >= 15 is 0 Å². The van der Waals surface area contributed by atoms with Crippen molar-refractivity contribution < 1.29 is 28.8 Å². The lowest BCUT2D eigenvalue weighted by Gasteiger charge is -2.17. The summed E-state index contributed by atoms with van der Waals surface area (Å²) in [6.07, 6.45) is 0.464. The van der Waals surface area contributed by atoms with Gasteiger partial charge >= 0.3 is 0 Å². The molecule has 4 rings (SSSR count). The summed E-state index contributed by atoms with van der Waals surface area (Å²) in [4.78, 5) is 11.1. The molecule has 1 N–H and O–H groups in total. The first-order chi connectivity index (χ1) is 11.6. The number of fused-ring (bicyclic) bond motifs is 2. The van der Waals surface area contributed by atoms with Gasteiger partial charge in [0.2, 0.25) is 12.5 Å². The predicted molar refractivity (Wildman–Crippen MR) is 84.4 cm³/mol. The van der Waals surface area contributed by atoms with Crippen LogP contribution < -0.4 is 18.9 Å². The first-order valence-corrected chi connectivity index (χ1v) is 7.58. The Hall–Kier alpha value is -2.89. The van der Waals surface area contributed by atoms with E-state index in [4.69, 9.17) is 18.9 Å². The summed E-state index contributed by atoms with van der Waals surface area (Å²) in [5.41, 5.74) is 2.21. The smallest absolute Gasteiger partial charge is 0.231 e. The van der Waals surface area contributed by atoms with Crippen molar-refractivity contribution in [2.24, 2.45) is 0 Å². The van der Waals surface area contributed by atoms with E-state index < -0.39 is 0 Å². The minimum absolute atomic E-state index is 0.0198. The molecule has 0 saturated heterocycles. The zero-order valence-corrected chi connectivity index (χ0v) is 13.2. The maximum atomic E-state index is 11.1. The molecule has 6 nitrogen and oxygen atoms in total. The summed E-state index contributed by atoms with van der Waals surface area (Å²) in [5.74, 6) is 1.99. The Labute approximate surface area is 138 Å². The molecule has 24 heavy (non-hydrogen) atoms. The minimum atomic E-state index is -0.323. The second kappa shape index (κ2) is 5.33. The molecule has 0 fully saturated rings. The predicted octanol–water partition coefficient (Wildman–Crippen LogP) is 3.18. The number of phenols is 1. The Kier molecular flexibility index (Phi) is 3.26. The van der Waals surface area contributed by atoms with Crippen molar-refractivity contribution in [2.75, 3.05) is 13.9 Å². The summed E-state index contributed by atoms with van der Waals surface area (Å²) >= 11 is 0. The molecule has 0 aromatic heterocycles. The lowest BCUT2D eigenvalue weighted by Crippen LogP contribution is -2.07. The third-order valence-electron chi connectivity index (χ3n) is 4.46. The van der Waals surface area contributed by atoms with Gasteiger partial charge in [0, 0.05) is 22.6 Å². The lowest BCUT2D eigenvalue weighted by molar-refractivity contribution is 0.112. The van der Waals surface area contributed by atoms with Crippen molar-refractivity contribution in [2.45, 2.75) is 18.9 Å². The molecule has 0 amide bonds. The molecule has 2 aromatic carbocycles. The zero-order valence-electron chi connectivity index (χ0n) is 13.2. The fraction of sp³-hybridized carbons (Fsp3) is 0.278. The van der Waals surface area contributed by atoms with E-state index in [-0.39, 0.29) is 24.6 Å². The Bertz CT molecular complexity index is 829.